The molecule has 3 fully saturated rings. The third kappa shape index (κ3) is 19.5. The molecule has 0 aromatic carbocycles. The lowest BCUT2D eigenvalue weighted by atomic mass is 9.95. The SMILES string of the molecule is CCCCCCCCCCCCCCCCCOCCOCC(=O)NCCCO[C@@H]1OC(CO)[C@H](O)C(O[C@H]2OC(CO)[C@H](O)C(O)C2NC(C)=O)C1O[C@@H]1OC(C)[C@@H](O)C(O)C1O. The molecule has 0 aromatic rings. The van der Waals surface area contributed by atoms with Gasteiger partial charge in [0, 0.05) is 20.1 Å². The molecule has 15 atom stereocenters. The predicted molar refractivity (Wildman–Crippen MR) is 229 cm³/mol. The number of nitrogens with one attached hydrogen (secondary N) is 2. The van der Waals surface area contributed by atoms with Crippen molar-refractivity contribution >= 4 is 11.8 Å². The molecule has 3 aliphatic heterocycles. The number of carbonyl (C=O) groups excluding carboxylic acids is 2. The van der Waals surface area contributed by atoms with E-state index in [4.69, 9.17) is 37.9 Å². The summed E-state index contributed by atoms with van der Waals surface area (Å²) in [5, 5.41) is 89.4. The summed E-state index contributed by atoms with van der Waals surface area (Å²) in [5.41, 5.74) is 0. The quantitative estimate of drug-likeness (QED) is 0.0389. The maximum atomic E-state index is 12.4. The Balaban J connectivity index is 1.41. The Morgan fingerprint density at radius 2 is 1.09 bits per heavy atom. The molecule has 3 saturated heterocycles. The summed E-state index contributed by atoms with van der Waals surface area (Å²) in [4.78, 5) is 24.5. The van der Waals surface area contributed by atoms with E-state index in [-0.39, 0.29) is 38.7 Å². The molecular weight excluding hydrogens is 844 g/mol. The fourth-order valence-corrected chi connectivity index (χ4v) is 8.01. The minimum Gasteiger partial charge on any atom is -0.394 e. The van der Waals surface area contributed by atoms with Gasteiger partial charge in [0.25, 0.3) is 0 Å². The van der Waals surface area contributed by atoms with Gasteiger partial charge in [0.1, 0.15) is 73.7 Å². The Morgan fingerprint density at radius 3 is 1.69 bits per heavy atom. The van der Waals surface area contributed by atoms with E-state index in [0.717, 1.165) is 19.8 Å². The number of hydrogen-bond acceptors (Lipinski definition) is 18. The zero-order valence-electron chi connectivity index (χ0n) is 38.3. The van der Waals surface area contributed by atoms with Crippen LogP contribution in [0.15, 0.2) is 0 Å². The van der Waals surface area contributed by atoms with Crippen LogP contribution >= 0.6 is 0 Å². The van der Waals surface area contributed by atoms with Crippen LogP contribution in [0, 0.1) is 0 Å². The molecule has 3 rings (SSSR count). The molecule has 0 aliphatic carbocycles. The molecule has 20 heteroatoms. The average Bonchev–Trinajstić information content (AvgIpc) is 3.27. The molecule has 64 heavy (non-hydrogen) atoms. The normalized spacial score (nSPS) is 33.3. The monoisotopic (exact) mass is 927 g/mol. The van der Waals surface area contributed by atoms with Crippen molar-refractivity contribution in [2.24, 2.45) is 0 Å². The van der Waals surface area contributed by atoms with E-state index in [9.17, 15) is 50.4 Å². The number of aliphatic hydroxyl groups is 8. The summed E-state index contributed by atoms with van der Waals surface area (Å²) in [6, 6.07) is -1.43. The van der Waals surface area contributed by atoms with Crippen molar-refractivity contribution in [3.63, 3.8) is 0 Å². The van der Waals surface area contributed by atoms with Crippen LogP contribution in [-0.4, -0.2) is 198 Å². The number of amides is 2. The molecule has 0 radical (unpaired) electrons. The van der Waals surface area contributed by atoms with Gasteiger partial charge >= 0.3 is 0 Å². The van der Waals surface area contributed by atoms with Crippen LogP contribution in [0.4, 0.5) is 0 Å². The molecule has 3 aliphatic rings. The van der Waals surface area contributed by atoms with Crippen molar-refractivity contribution in [3.05, 3.63) is 0 Å². The molecule has 10 N–H and O–H groups in total. The molecule has 2 amide bonds. The lowest BCUT2D eigenvalue weighted by Gasteiger charge is -2.49. The van der Waals surface area contributed by atoms with Crippen LogP contribution in [0.2, 0.25) is 0 Å². The maximum Gasteiger partial charge on any atom is 0.246 e. The first kappa shape index (κ1) is 56.6. The standard InChI is InChI=1S/C44H82N2O18/c1-4-5-6-7-8-9-10-11-12-13-14-15-16-17-18-21-57-23-24-58-27-32(50)45-20-19-22-59-44-41(64-43-39(56)38(55)34(51)28(2)60-43)40(36(53)31(26-48)62-44)63-42-33(46-29(3)49)37(54)35(52)30(25-47)61-42/h28,30-31,33-44,47-48,51-56H,4-27H2,1-3H3,(H,45,50)(H,46,49)/t28?,30?,31?,33?,34-,35+,36+,37?,38?,39?,40?,41?,42-,43+,44-/m1/s1. The Kier molecular flexibility index (Phi) is 28.4. The summed E-state index contributed by atoms with van der Waals surface area (Å²) in [6.45, 7) is 4.51. The smallest absolute Gasteiger partial charge is 0.246 e. The highest BCUT2D eigenvalue weighted by molar-refractivity contribution is 5.77. The Morgan fingerprint density at radius 1 is 0.547 bits per heavy atom. The lowest BCUT2D eigenvalue weighted by Crippen LogP contribution is -2.68. The molecule has 3 heterocycles. The number of aliphatic hydroxyl groups excluding tert-OH is 8. The molecule has 0 aromatic heterocycles. The highest BCUT2D eigenvalue weighted by atomic mass is 16.8. The average molecular weight is 927 g/mol. The third-order valence-electron chi connectivity index (χ3n) is 11.9. The van der Waals surface area contributed by atoms with Gasteiger partial charge in [0.15, 0.2) is 18.9 Å². The predicted octanol–water partition coefficient (Wildman–Crippen LogP) is 0.0336. The number of ether oxygens (including phenoxy) is 8. The number of rotatable bonds is 33. The Hall–Kier alpha value is -1.70. The van der Waals surface area contributed by atoms with Crippen molar-refractivity contribution in [1.82, 2.24) is 10.6 Å². The van der Waals surface area contributed by atoms with E-state index in [1.165, 1.54) is 90.4 Å². The number of hydrogen-bond donors (Lipinski definition) is 10. The largest absolute Gasteiger partial charge is 0.394 e. The number of unbranched alkanes of at least 4 members (excludes halogenated alkanes) is 14. The van der Waals surface area contributed by atoms with Gasteiger partial charge in [-0.2, -0.15) is 0 Å². The van der Waals surface area contributed by atoms with E-state index in [1.54, 1.807) is 0 Å². The molecule has 0 saturated carbocycles. The molecule has 20 nitrogen and oxygen atoms in total. The van der Waals surface area contributed by atoms with Gasteiger partial charge in [0.2, 0.25) is 11.8 Å². The first-order chi connectivity index (χ1) is 30.8. The fraction of sp³-hybridized carbons (Fsp3) is 0.955. The topological polar surface area (TPSA) is 294 Å². The lowest BCUT2D eigenvalue weighted by molar-refractivity contribution is -0.385. The van der Waals surface area contributed by atoms with Gasteiger partial charge in [-0.15, -0.1) is 0 Å². The van der Waals surface area contributed by atoms with Crippen LogP contribution in [-0.2, 0) is 47.5 Å². The summed E-state index contributed by atoms with van der Waals surface area (Å²) in [7, 11) is 0. The molecule has 376 valence electrons. The molecule has 0 spiro atoms. The zero-order chi connectivity index (χ0) is 46.9. The second kappa shape index (κ2) is 32.1. The Labute approximate surface area is 378 Å². The van der Waals surface area contributed by atoms with Gasteiger partial charge in [-0.3, -0.25) is 9.59 Å². The van der Waals surface area contributed by atoms with E-state index in [2.05, 4.69) is 17.6 Å². The van der Waals surface area contributed by atoms with Gasteiger partial charge < -0.3 is 89.4 Å². The third-order valence-corrected chi connectivity index (χ3v) is 11.9. The van der Waals surface area contributed by atoms with Crippen LogP contribution in [0.3, 0.4) is 0 Å². The summed E-state index contributed by atoms with van der Waals surface area (Å²) < 4.78 is 46.4. The second-order valence-corrected chi connectivity index (χ2v) is 17.2. The summed E-state index contributed by atoms with van der Waals surface area (Å²) >= 11 is 0. The van der Waals surface area contributed by atoms with E-state index in [0.29, 0.717) is 13.2 Å². The van der Waals surface area contributed by atoms with Crippen LogP contribution in [0.25, 0.3) is 0 Å². The highest BCUT2D eigenvalue weighted by Crippen LogP contribution is 2.34. The minimum atomic E-state index is -1.81. The number of carbonyl (C=O) groups is 2. The van der Waals surface area contributed by atoms with Crippen LogP contribution in [0.1, 0.15) is 124 Å². The van der Waals surface area contributed by atoms with Crippen molar-refractivity contribution in [2.75, 3.05) is 52.8 Å². The van der Waals surface area contributed by atoms with Gasteiger partial charge in [-0.1, -0.05) is 96.8 Å². The fourth-order valence-electron chi connectivity index (χ4n) is 8.01. The maximum absolute atomic E-state index is 12.4. The molecule has 9 unspecified atom stereocenters. The van der Waals surface area contributed by atoms with Gasteiger partial charge in [-0.25, -0.2) is 0 Å². The van der Waals surface area contributed by atoms with E-state index in [1.807, 2.05) is 0 Å². The second-order valence-electron chi connectivity index (χ2n) is 17.2. The van der Waals surface area contributed by atoms with Crippen molar-refractivity contribution in [1.29, 1.82) is 0 Å². The van der Waals surface area contributed by atoms with Crippen molar-refractivity contribution < 1.29 is 88.3 Å². The zero-order valence-corrected chi connectivity index (χ0v) is 38.3. The van der Waals surface area contributed by atoms with Crippen molar-refractivity contribution in [3.8, 4) is 0 Å². The van der Waals surface area contributed by atoms with Gasteiger partial charge in [0.05, 0.1) is 39.1 Å². The first-order valence-electron chi connectivity index (χ1n) is 23.7. The summed E-state index contributed by atoms with van der Waals surface area (Å²) in [5.74, 6) is -0.998. The molecular formula is C44H82N2O18. The van der Waals surface area contributed by atoms with Crippen molar-refractivity contribution in [2.45, 2.75) is 216 Å². The first-order valence-corrected chi connectivity index (χ1v) is 23.7. The minimum absolute atomic E-state index is 0.0858. The van der Waals surface area contributed by atoms with E-state index < -0.39 is 111 Å². The molecule has 0 bridgehead atoms. The van der Waals surface area contributed by atoms with Gasteiger partial charge in [-0.05, 0) is 19.8 Å². The highest BCUT2D eigenvalue weighted by Gasteiger charge is 2.54. The van der Waals surface area contributed by atoms with Crippen LogP contribution in [0.5, 0.6) is 0 Å². The van der Waals surface area contributed by atoms with Crippen LogP contribution < -0.4 is 10.6 Å². The van der Waals surface area contributed by atoms with E-state index >= 15 is 0 Å². The Bertz CT molecular complexity index is 1240. The summed E-state index contributed by atoms with van der Waals surface area (Å²) in [6.07, 6.45) is -2.05.